The van der Waals surface area contributed by atoms with E-state index in [1.807, 2.05) is 6.07 Å². The summed E-state index contributed by atoms with van der Waals surface area (Å²) in [6.45, 7) is 3.32. The van der Waals surface area contributed by atoms with Gasteiger partial charge in [0.1, 0.15) is 0 Å². The SMILES string of the molecule is CC1CC(Nc2nc3ccccc3n2C)CCN1. The average Bonchev–Trinajstić information content (AvgIpc) is 2.67. The molecule has 0 amide bonds. The van der Waals surface area contributed by atoms with Crippen LogP contribution in [0.2, 0.25) is 0 Å². The van der Waals surface area contributed by atoms with Crippen LogP contribution in [-0.4, -0.2) is 28.2 Å². The van der Waals surface area contributed by atoms with E-state index >= 15 is 0 Å². The summed E-state index contributed by atoms with van der Waals surface area (Å²) in [7, 11) is 2.07. The van der Waals surface area contributed by atoms with Gasteiger partial charge in [0.05, 0.1) is 11.0 Å². The third-order valence-electron chi connectivity index (χ3n) is 3.74. The third kappa shape index (κ3) is 2.08. The molecule has 1 saturated heterocycles. The fourth-order valence-corrected chi connectivity index (χ4v) is 2.72. The van der Waals surface area contributed by atoms with Gasteiger partial charge in [-0.3, -0.25) is 0 Å². The predicted molar refractivity (Wildman–Crippen MR) is 74.8 cm³/mol. The zero-order chi connectivity index (χ0) is 12.5. The highest BCUT2D eigenvalue weighted by molar-refractivity contribution is 5.78. The van der Waals surface area contributed by atoms with Crippen LogP contribution in [0.5, 0.6) is 0 Å². The highest BCUT2D eigenvalue weighted by Crippen LogP contribution is 2.20. The van der Waals surface area contributed by atoms with E-state index < -0.39 is 0 Å². The normalized spacial score (nSPS) is 24.3. The molecule has 4 heteroatoms. The Bertz CT molecular complexity index is 546. The van der Waals surface area contributed by atoms with Crippen molar-refractivity contribution in [3.63, 3.8) is 0 Å². The van der Waals surface area contributed by atoms with Crippen LogP contribution in [0.25, 0.3) is 11.0 Å². The number of aryl methyl sites for hydroxylation is 1. The first-order chi connectivity index (χ1) is 8.74. The lowest BCUT2D eigenvalue weighted by atomic mass is 10.0. The smallest absolute Gasteiger partial charge is 0.203 e. The Balaban J connectivity index is 1.84. The molecule has 1 aliphatic rings. The molecule has 0 aliphatic carbocycles. The van der Waals surface area contributed by atoms with E-state index in [-0.39, 0.29) is 0 Å². The Hall–Kier alpha value is -1.55. The van der Waals surface area contributed by atoms with Crippen LogP contribution in [0.1, 0.15) is 19.8 Å². The molecule has 0 bridgehead atoms. The number of aromatic nitrogens is 2. The molecule has 1 aromatic heterocycles. The van der Waals surface area contributed by atoms with Gasteiger partial charge in [-0.15, -0.1) is 0 Å². The van der Waals surface area contributed by atoms with E-state index in [0.717, 1.165) is 30.9 Å². The lowest BCUT2D eigenvalue weighted by Gasteiger charge is -2.28. The van der Waals surface area contributed by atoms with E-state index in [0.29, 0.717) is 12.1 Å². The number of nitrogens with one attached hydrogen (secondary N) is 2. The number of piperidine rings is 1. The average molecular weight is 244 g/mol. The molecular formula is C14H20N4. The number of benzene rings is 1. The first-order valence-electron chi connectivity index (χ1n) is 6.65. The van der Waals surface area contributed by atoms with E-state index in [1.165, 1.54) is 5.52 Å². The molecule has 2 unspecified atom stereocenters. The van der Waals surface area contributed by atoms with Gasteiger partial charge < -0.3 is 15.2 Å². The molecule has 2 aromatic rings. The van der Waals surface area contributed by atoms with Crippen molar-refractivity contribution in [3.8, 4) is 0 Å². The summed E-state index contributed by atoms with van der Waals surface area (Å²) in [4.78, 5) is 4.66. The van der Waals surface area contributed by atoms with Crippen molar-refractivity contribution in [2.75, 3.05) is 11.9 Å². The number of nitrogens with zero attached hydrogens (tertiary/aromatic N) is 2. The summed E-state index contributed by atoms with van der Waals surface area (Å²) in [6, 6.07) is 9.37. The van der Waals surface area contributed by atoms with E-state index in [4.69, 9.17) is 0 Å². The number of para-hydroxylation sites is 2. The lowest BCUT2D eigenvalue weighted by molar-refractivity contribution is 0.394. The molecule has 2 N–H and O–H groups in total. The maximum atomic E-state index is 4.66. The summed E-state index contributed by atoms with van der Waals surface area (Å²) in [5.41, 5.74) is 2.24. The molecule has 2 heterocycles. The molecule has 1 fully saturated rings. The van der Waals surface area contributed by atoms with Crippen LogP contribution < -0.4 is 10.6 Å². The summed E-state index contributed by atoms with van der Waals surface area (Å²) >= 11 is 0. The van der Waals surface area contributed by atoms with Gasteiger partial charge in [-0.05, 0) is 38.4 Å². The Morgan fingerprint density at radius 2 is 2.22 bits per heavy atom. The van der Waals surface area contributed by atoms with Gasteiger partial charge in [0.15, 0.2) is 0 Å². The molecule has 2 atom stereocenters. The minimum absolute atomic E-state index is 0.525. The topological polar surface area (TPSA) is 41.9 Å². The summed E-state index contributed by atoms with van der Waals surface area (Å²) in [5.74, 6) is 0.982. The number of hydrogen-bond donors (Lipinski definition) is 2. The van der Waals surface area contributed by atoms with Crippen LogP contribution in [0.3, 0.4) is 0 Å². The van der Waals surface area contributed by atoms with Crippen LogP contribution in [0, 0.1) is 0 Å². The van der Waals surface area contributed by atoms with Gasteiger partial charge >= 0.3 is 0 Å². The Morgan fingerprint density at radius 1 is 1.39 bits per heavy atom. The monoisotopic (exact) mass is 244 g/mol. The predicted octanol–water partition coefficient (Wildman–Crippen LogP) is 2.13. The second kappa shape index (κ2) is 4.61. The highest BCUT2D eigenvalue weighted by Gasteiger charge is 2.19. The van der Waals surface area contributed by atoms with Crippen molar-refractivity contribution >= 4 is 17.0 Å². The summed E-state index contributed by atoms with van der Waals surface area (Å²) in [6.07, 6.45) is 2.32. The van der Waals surface area contributed by atoms with E-state index in [2.05, 4.69) is 52.4 Å². The Kier molecular flexibility index (Phi) is 2.96. The molecule has 1 aliphatic heterocycles. The molecular weight excluding hydrogens is 224 g/mol. The first-order valence-corrected chi connectivity index (χ1v) is 6.65. The van der Waals surface area contributed by atoms with Gasteiger partial charge in [0, 0.05) is 19.1 Å². The zero-order valence-corrected chi connectivity index (χ0v) is 11.0. The van der Waals surface area contributed by atoms with Crippen molar-refractivity contribution in [1.29, 1.82) is 0 Å². The Labute approximate surface area is 107 Å². The van der Waals surface area contributed by atoms with E-state index in [1.54, 1.807) is 0 Å². The van der Waals surface area contributed by atoms with Crippen LogP contribution in [0.4, 0.5) is 5.95 Å². The summed E-state index contributed by atoms with van der Waals surface area (Å²) < 4.78 is 2.14. The van der Waals surface area contributed by atoms with Gasteiger partial charge in [0.2, 0.25) is 5.95 Å². The number of imidazole rings is 1. The van der Waals surface area contributed by atoms with Gasteiger partial charge in [-0.2, -0.15) is 0 Å². The second-order valence-corrected chi connectivity index (χ2v) is 5.20. The summed E-state index contributed by atoms with van der Waals surface area (Å²) in [5, 5.41) is 7.05. The standard InChI is InChI=1S/C14H20N4/c1-10-9-11(7-8-15-10)16-14-17-12-5-3-4-6-13(12)18(14)2/h3-6,10-11,15H,7-9H2,1-2H3,(H,16,17). The molecule has 3 rings (SSSR count). The largest absolute Gasteiger partial charge is 0.353 e. The molecule has 0 saturated carbocycles. The van der Waals surface area contributed by atoms with Crippen LogP contribution in [-0.2, 0) is 7.05 Å². The number of anilines is 1. The van der Waals surface area contributed by atoms with Gasteiger partial charge in [0.25, 0.3) is 0 Å². The maximum Gasteiger partial charge on any atom is 0.203 e. The van der Waals surface area contributed by atoms with Crippen molar-refractivity contribution in [3.05, 3.63) is 24.3 Å². The van der Waals surface area contributed by atoms with Crippen molar-refractivity contribution in [2.45, 2.75) is 31.8 Å². The lowest BCUT2D eigenvalue weighted by Crippen LogP contribution is -2.41. The van der Waals surface area contributed by atoms with Crippen LogP contribution >= 0.6 is 0 Å². The molecule has 1 aromatic carbocycles. The quantitative estimate of drug-likeness (QED) is 0.850. The van der Waals surface area contributed by atoms with Crippen LogP contribution in [0.15, 0.2) is 24.3 Å². The molecule has 96 valence electrons. The fraction of sp³-hybridized carbons (Fsp3) is 0.500. The highest BCUT2D eigenvalue weighted by atomic mass is 15.2. The molecule has 0 spiro atoms. The molecule has 4 nitrogen and oxygen atoms in total. The Morgan fingerprint density at radius 3 is 3.00 bits per heavy atom. The third-order valence-corrected chi connectivity index (χ3v) is 3.74. The first kappa shape index (κ1) is 11.5. The van der Waals surface area contributed by atoms with E-state index in [9.17, 15) is 0 Å². The van der Waals surface area contributed by atoms with Crippen molar-refractivity contribution in [1.82, 2.24) is 14.9 Å². The number of rotatable bonds is 2. The minimum atomic E-state index is 0.525. The zero-order valence-electron chi connectivity index (χ0n) is 11.0. The maximum absolute atomic E-state index is 4.66. The van der Waals surface area contributed by atoms with Crippen molar-refractivity contribution < 1.29 is 0 Å². The van der Waals surface area contributed by atoms with Gasteiger partial charge in [-0.1, -0.05) is 12.1 Å². The second-order valence-electron chi connectivity index (χ2n) is 5.20. The van der Waals surface area contributed by atoms with Crippen molar-refractivity contribution in [2.24, 2.45) is 7.05 Å². The fourth-order valence-electron chi connectivity index (χ4n) is 2.72. The number of fused-ring (bicyclic) bond motifs is 1. The van der Waals surface area contributed by atoms with Gasteiger partial charge in [-0.25, -0.2) is 4.98 Å². The minimum Gasteiger partial charge on any atom is -0.353 e. The molecule has 0 radical (unpaired) electrons. The molecule has 18 heavy (non-hydrogen) atoms. The number of hydrogen-bond acceptors (Lipinski definition) is 3.